The predicted molar refractivity (Wildman–Crippen MR) is 123 cm³/mol. The van der Waals surface area contributed by atoms with E-state index in [0.29, 0.717) is 18.8 Å². The summed E-state index contributed by atoms with van der Waals surface area (Å²) in [5, 5.41) is 5.91. The third-order valence-electron chi connectivity index (χ3n) is 5.36. The fraction of sp³-hybridized carbons (Fsp3) is 0.269. The van der Waals surface area contributed by atoms with Crippen LogP contribution in [-0.4, -0.2) is 35.8 Å². The molecule has 7 heteroatoms. The lowest BCUT2D eigenvalue weighted by molar-refractivity contribution is -0.152. The van der Waals surface area contributed by atoms with Crippen LogP contribution in [0.15, 0.2) is 76.4 Å². The molecule has 2 heterocycles. The molecule has 33 heavy (non-hydrogen) atoms. The zero-order valence-electron chi connectivity index (χ0n) is 18.7. The number of hydrogen-bond acceptors (Lipinski definition) is 6. The van der Waals surface area contributed by atoms with Crippen LogP contribution < -0.4 is 4.74 Å². The van der Waals surface area contributed by atoms with E-state index in [-0.39, 0.29) is 12.5 Å². The molecular formula is C26H26N2O5. The molecule has 0 fully saturated rings. The van der Waals surface area contributed by atoms with E-state index < -0.39 is 18.5 Å². The lowest BCUT2D eigenvalue weighted by Gasteiger charge is -2.19. The molecule has 1 aliphatic heterocycles. The normalized spacial score (nSPS) is 15.3. The average Bonchev–Trinajstić information content (AvgIpc) is 3.50. The van der Waals surface area contributed by atoms with Gasteiger partial charge in [-0.2, -0.15) is 5.10 Å². The number of furan rings is 1. The maximum Gasteiger partial charge on any atom is 0.310 e. The van der Waals surface area contributed by atoms with Gasteiger partial charge < -0.3 is 13.9 Å². The van der Waals surface area contributed by atoms with Gasteiger partial charge in [0.15, 0.2) is 6.61 Å². The molecule has 0 saturated heterocycles. The third kappa shape index (κ3) is 5.49. The van der Waals surface area contributed by atoms with Gasteiger partial charge in [0, 0.05) is 6.42 Å². The van der Waals surface area contributed by atoms with Crippen LogP contribution in [0.25, 0.3) is 0 Å². The van der Waals surface area contributed by atoms with Gasteiger partial charge in [-0.15, -0.1) is 0 Å². The molecule has 0 saturated carbocycles. The van der Waals surface area contributed by atoms with Crippen molar-refractivity contribution in [2.45, 2.75) is 32.7 Å². The second-order valence-corrected chi connectivity index (χ2v) is 7.80. The molecular weight excluding hydrogens is 420 g/mol. The number of amides is 1. The Balaban J connectivity index is 1.41. The van der Waals surface area contributed by atoms with Crippen molar-refractivity contribution < 1.29 is 23.5 Å². The molecule has 1 unspecified atom stereocenters. The molecule has 4 rings (SSSR count). The maximum atomic E-state index is 12.9. The highest BCUT2D eigenvalue weighted by Gasteiger charge is 2.35. The van der Waals surface area contributed by atoms with Gasteiger partial charge in [-0.1, -0.05) is 42.0 Å². The number of ether oxygens (including phenoxy) is 2. The van der Waals surface area contributed by atoms with Gasteiger partial charge in [-0.05, 0) is 49.2 Å². The summed E-state index contributed by atoms with van der Waals surface area (Å²) in [4.78, 5) is 25.2. The van der Waals surface area contributed by atoms with E-state index in [0.717, 1.165) is 28.2 Å². The van der Waals surface area contributed by atoms with Gasteiger partial charge in [-0.3, -0.25) is 9.59 Å². The molecule has 1 atom stereocenters. The number of carbonyl (C=O) groups is 2. The maximum absolute atomic E-state index is 12.9. The first-order chi connectivity index (χ1) is 16.0. The second kappa shape index (κ2) is 10.2. The van der Waals surface area contributed by atoms with Crippen molar-refractivity contribution in [3.8, 4) is 5.75 Å². The third-order valence-corrected chi connectivity index (χ3v) is 5.36. The quantitative estimate of drug-likeness (QED) is 0.478. The zero-order chi connectivity index (χ0) is 23.2. The molecule has 2 aromatic carbocycles. The van der Waals surface area contributed by atoms with Crippen LogP contribution in [0.5, 0.6) is 5.75 Å². The largest absolute Gasteiger partial charge is 0.494 e. The smallest absolute Gasteiger partial charge is 0.310 e. The Morgan fingerprint density at radius 3 is 2.52 bits per heavy atom. The standard InChI is InChI=1S/C26H26N2O5/c1-3-31-21-12-8-19(9-13-21)15-26(30)33-17-25(29)28-23(24-5-4-14-32-24)16-22(27-28)20-10-6-18(2)7-11-20/h4-14,23H,3,15-17H2,1-2H3. The highest BCUT2D eigenvalue weighted by Crippen LogP contribution is 2.33. The lowest BCUT2D eigenvalue weighted by atomic mass is 10.0. The first kappa shape index (κ1) is 22.3. The summed E-state index contributed by atoms with van der Waals surface area (Å²) < 4.78 is 16.2. The topological polar surface area (TPSA) is 81.3 Å². The van der Waals surface area contributed by atoms with E-state index in [1.807, 2.05) is 44.2 Å². The van der Waals surface area contributed by atoms with Crippen LogP contribution in [-0.2, 0) is 20.7 Å². The Bertz CT molecular complexity index is 1120. The van der Waals surface area contributed by atoms with Gasteiger partial charge >= 0.3 is 5.97 Å². The summed E-state index contributed by atoms with van der Waals surface area (Å²) >= 11 is 0. The summed E-state index contributed by atoms with van der Waals surface area (Å²) in [6.45, 7) is 4.11. The number of rotatable bonds is 8. The monoisotopic (exact) mass is 446 g/mol. The number of hydrogen-bond donors (Lipinski definition) is 0. The molecule has 7 nitrogen and oxygen atoms in total. The molecule has 170 valence electrons. The van der Waals surface area contributed by atoms with E-state index in [9.17, 15) is 9.59 Å². The number of hydrazone groups is 1. The fourth-order valence-corrected chi connectivity index (χ4v) is 3.66. The van der Waals surface area contributed by atoms with E-state index in [1.54, 1.807) is 36.6 Å². The SMILES string of the molecule is CCOc1ccc(CC(=O)OCC(=O)N2N=C(c3ccc(C)cc3)CC2c2ccco2)cc1. The zero-order valence-corrected chi connectivity index (χ0v) is 18.7. The minimum Gasteiger partial charge on any atom is -0.494 e. The minimum atomic E-state index is -0.482. The van der Waals surface area contributed by atoms with Gasteiger partial charge in [0.2, 0.25) is 0 Å². The fourth-order valence-electron chi connectivity index (χ4n) is 3.66. The first-order valence-electron chi connectivity index (χ1n) is 10.9. The molecule has 0 bridgehead atoms. The van der Waals surface area contributed by atoms with Gasteiger partial charge in [-0.25, -0.2) is 5.01 Å². The van der Waals surface area contributed by atoms with E-state index >= 15 is 0 Å². The summed E-state index contributed by atoms with van der Waals surface area (Å²) in [5.41, 5.74) is 3.66. The summed E-state index contributed by atoms with van der Waals surface area (Å²) in [7, 11) is 0. The van der Waals surface area contributed by atoms with Crippen molar-refractivity contribution in [1.82, 2.24) is 5.01 Å². The summed E-state index contributed by atoms with van der Waals surface area (Å²) in [6.07, 6.45) is 2.15. The van der Waals surface area contributed by atoms with E-state index in [1.165, 1.54) is 5.01 Å². The van der Waals surface area contributed by atoms with Crippen LogP contribution in [0.3, 0.4) is 0 Å². The summed E-state index contributed by atoms with van der Waals surface area (Å²) in [6, 6.07) is 18.4. The minimum absolute atomic E-state index is 0.0686. The van der Waals surface area contributed by atoms with Gasteiger partial charge in [0.1, 0.15) is 17.6 Å². The van der Waals surface area contributed by atoms with Crippen LogP contribution in [0.4, 0.5) is 0 Å². The van der Waals surface area contributed by atoms with Crippen LogP contribution in [0.1, 0.15) is 41.8 Å². The number of nitrogens with zero attached hydrogens (tertiary/aromatic N) is 2. The first-order valence-corrected chi connectivity index (χ1v) is 10.9. The Kier molecular flexibility index (Phi) is 6.88. The Labute approximate surface area is 192 Å². The van der Waals surface area contributed by atoms with Gasteiger partial charge in [0.25, 0.3) is 5.91 Å². The van der Waals surface area contributed by atoms with E-state index in [2.05, 4.69) is 5.10 Å². The highest BCUT2D eigenvalue weighted by molar-refractivity contribution is 6.03. The van der Waals surface area contributed by atoms with Crippen LogP contribution >= 0.6 is 0 Å². The van der Waals surface area contributed by atoms with Crippen molar-refractivity contribution in [3.05, 3.63) is 89.4 Å². The Hall–Kier alpha value is -3.87. The molecule has 0 aliphatic carbocycles. The lowest BCUT2D eigenvalue weighted by Crippen LogP contribution is -2.31. The summed E-state index contributed by atoms with van der Waals surface area (Å²) in [5.74, 6) is 0.488. The molecule has 1 amide bonds. The average molecular weight is 447 g/mol. The molecule has 1 aliphatic rings. The molecule has 0 N–H and O–H groups in total. The Morgan fingerprint density at radius 2 is 1.85 bits per heavy atom. The molecule has 0 radical (unpaired) electrons. The van der Waals surface area contributed by atoms with Crippen molar-refractivity contribution in [2.24, 2.45) is 5.10 Å². The van der Waals surface area contributed by atoms with E-state index in [4.69, 9.17) is 13.9 Å². The predicted octanol–water partition coefficient (Wildman–Crippen LogP) is 4.45. The van der Waals surface area contributed by atoms with Crippen LogP contribution in [0.2, 0.25) is 0 Å². The molecule has 1 aromatic heterocycles. The Morgan fingerprint density at radius 1 is 1.09 bits per heavy atom. The molecule has 0 spiro atoms. The van der Waals surface area contributed by atoms with Crippen LogP contribution in [0, 0.1) is 6.92 Å². The molecule has 3 aromatic rings. The highest BCUT2D eigenvalue weighted by atomic mass is 16.5. The van der Waals surface area contributed by atoms with Crippen molar-refractivity contribution in [3.63, 3.8) is 0 Å². The second-order valence-electron chi connectivity index (χ2n) is 7.80. The number of aryl methyl sites for hydroxylation is 1. The van der Waals surface area contributed by atoms with Crippen molar-refractivity contribution in [1.29, 1.82) is 0 Å². The van der Waals surface area contributed by atoms with Crippen molar-refractivity contribution >= 4 is 17.6 Å². The number of esters is 1. The number of benzene rings is 2. The van der Waals surface area contributed by atoms with Crippen molar-refractivity contribution in [2.75, 3.05) is 13.2 Å². The number of carbonyl (C=O) groups excluding carboxylic acids is 2. The van der Waals surface area contributed by atoms with Gasteiger partial charge in [0.05, 0.1) is 25.0 Å².